The second-order valence-corrected chi connectivity index (χ2v) is 12.0. The number of aryl methyl sites for hydroxylation is 3. The van der Waals surface area contributed by atoms with Crippen molar-refractivity contribution in [3.63, 3.8) is 0 Å². The molecular weight excluding hydrogens is 496 g/mol. The summed E-state index contributed by atoms with van der Waals surface area (Å²) < 4.78 is 28.6. The fraction of sp³-hybridized carbons (Fsp3) is 0.455. The Kier molecular flexibility index (Phi) is 5.79. The van der Waals surface area contributed by atoms with Crippen LogP contribution in [-0.2, 0) is 29.3 Å². The Bertz CT molecular complexity index is 1220. The van der Waals surface area contributed by atoms with Gasteiger partial charge in [0.15, 0.2) is 0 Å². The van der Waals surface area contributed by atoms with Crippen LogP contribution >= 0.6 is 27.3 Å². The summed E-state index contributed by atoms with van der Waals surface area (Å²) in [5, 5.41) is 1.21. The Morgan fingerprint density at radius 2 is 1.74 bits per heavy atom. The highest BCUT2D eigenvalue weighted by molar-refractivity contribution is 9.10. The molecule has 0 spiro atoms. The molecule has 3 heterocycles. The Morgan fingerprint density at radius 3 is 2.45 bits per heavy atom. The zero-order chi connectivity index (χ0) is 21.6. The molecule has 0 atom stereocenters. The van der Waals surface area contributed by atoms with Gasteiger partial charge in [0.1, 0.15) is 16.5 Å². The summed E-state index contributed by atoms with van der Waals surface area (Å²) in [6.45, 7) is 4.27. The quantitative estimate of drug-likeness (QED) is 0.509. The molecule has 1 aliphatic carbocycles. The molecule has 0 N–H and O–H groups in total. The molecule has 1 aliphatic heterocycles. The lowest BCUT2D eigenvalue weighted by molar-refractivity contribution is 0.384. The van der Waals surface area contributed by atoms with Gasteiger partial charge in [0, 0.05) is 41.9 Å². The van der Waals surface area contributed by atoms with Gasteiger partial charge in [0.25, 0.3) is 0 Å². The first-order chi connectivity index (χ1) is 15.0. The first-order valence-electron chi connectivity index (χ1n) is 10.8. The number of sulfonamides is 1. The third kappa shape index (κ3) is 3.90. The first-order valence-corrected chi connectivity index (χ1v) is 13.8. The maximum Gasteiger partial charge on any atom is 0.243 e. The van der Waals surface area contributed by atoms with Crippen LogP contribution in [0.2, 0.25) is 0 Å². The van der Waals surface area contributed by atoms with E-state index >= 15 is 0 Å². The maximum atomic E-state index is 13.1. The van der Waals surface area contributed by atoms with Crippen LogP contribution in [0.1, 0.15) is 36.0 Å². The van der Waals surface area contributed by atoms with Crippen LogP contribution in [0.3, 0.4) is 0 Å². The number of hydrogen-bond acceptors (Lipinski definition) is 6. The standard InChI is InChI=1S/C22H25BrN4O2S2/c1-2-19-24-21(20-17-5-3-4-6-18(17)30-22(20)25-19)26-11-13-27(14-12-26)31(28,29)16-9-7-15(23)8-10-16/h7-10H,2-6,11-14H2,1H3. The van der Waals surface area contributed by atoms with Gasteiger partial charge in [-0.25, -0.2) is 18.4 Å². The highest BCUT2D eigenvalue weighted by Crippen LogP contribution is 2.40. The van der Waals surface area contributed by atoms with Crippen LogP contribution in [0.5, 0.6) is 0 Å². The van der Waals surface area contributed by atoms with Crippen LogP contribution in [0.25, 0.3) is 10.2 Å². The molecule has 6 nitrogen and oxygen atoms in total. The molecule has 0 bridgehead atoms. The van der Waals surface area contributed by atoms with Crippen molar-refractivity contribution in [2.24, 2.45) is 0 Å². The summed E-state index contributed by atoms with van der Waals surface area (Å²) in [5.74, 6) is 1.87. The molecule has 0 unspecified atom stereocenters. The van der Waals surface area contributed by atoms with Crippen molar-refractivity contribution in [3.8, 4) is 0 Å². The Morgan fingerprint density at radius 1 is 1.03 bits per heavy atom. The van der Waals surface area contributed by atoms with Gasteiger partial charge in [-0.15, -0.1) is 11.3 Å². The number of rotatable bonds is 4. The number of halogens is 1. The van der Waals surface area contributed by atoms with E-state index in [1.165, 1.54) is 28.7 Å². The predicted molar refractivity (Wildman–Crippen MR) is 129 cm³/mol. The lowest BCUT2D eigenvalue weighted by atomic mass is 9.97. The summed E-state index contributed by atoms with van der Waals surface area (Å²) >= 11 is 5.19. The molecular formula is C22H25BrN4O2S2. The van der Waals surface area contributed by atoms with Gasteiger partial charge >= 0.3 is 0 Å². The van der Waals surface area contributed by atoms with Crippen molar-refractivity contribution >= 4 is 53.3 Å². The Hall–Kier alpha value is -1.55. The maximum absolute atomic E-state index is 13.1. The summed E-state index contributed by atoms with van der Waals surface area (Å²) in [7, 11) is -3.49. The number of aromatic nitrogens is 2. The third-order valence-electron chi connectivity index (χ3n) is 6.15. The zero-order valence-electron chi connectivity index (χ0n) is 17.5. The van der Waals surface area contributed by atoms with E-state index in [9.17, 15) is 8.42 Å². The molecule has 2 aliphatic rings. The molecule has 3 aromatic rings. The topological polar surface area (TPSA) is 66.4 Å². The Balaban J connectivity index is 1.44. The minimum Gasteiger partial charge on any atom is -0.353 e. The van der Waals surface area contributed by atoms with Crippen LogP contribution in [0.4, 0.5) is 5.82 Å². The van der Waals surface area contributed by atoms with E-state index in [1.807, 2.05) is 11.3 Å². The number of hydrogen-bond donors (Lipinski definition) is 0. The molecule has 0 radical (unpaired) electrons. The van der Waals surface area contributed by atoms with Crippen LogP contribution in [0.15, 0.2) is 33.6 Å². The molecule has 164 valence electrons. The molecule has 0 saturated carbocycles. The summed E-state index contributed by atoms with van der Waals surface area (Å²) in [6, 6.07) is 6.86. The fourth-order valence-electron chi connectivity index (χ4n) is 4.46. The summed E-state index contributed by atoms with van der Waals surface area (Å²) in [4.78, 5) is 14.9. The highest BCUT2D eigenvalue weighted by atomic mass is 79.9. The van der Waals surface area contributed by atoms with E-state index in [2.05, 4.69) is 27.8 Å². The second-order valence-electron chi connectivity index (χ2n) is 8.05. The number of nitrogens with zero attached hydrogens (tertiary/aromatic N) is 4. The van der Waals surface area contributed by atoms with E-state index in [1.54, 1.807) is 28.6 Å². The zero-order valence-corrected chi connectivity index (χ0v) is 20.7. The molecule has 9 heteroatoms. The van der Waals surface area contributed by atoms with Gasteiger partial charge in [-0.3, -0.25) is 0 Å². The Labute approximate surface area is 195 Å². The SMILES string of the molecule is CCc1nc(N2CCN(S(=O)(=O)c3ccc(Br)cc3)CC2)c2c3c(sc2n1)CCCC3. The van der Waals surface area contributed by atoms with Crippen LogP contribution < -0.4 is 4.90 Å². The largest absolute Gasteiger partial charge is 0.353 e. The van der Waals surface area contributed by atoms with Gasteiger partial charge in [-0.2, -0.15) is 4.31 Å². The van der Waals surface area contributed by atoms with Crippen molar-refractivity contribution in [1.29, 1.82) is 0 Å². The molecule has 31 heavy (non-hydrogen) atoms. The van der Waals surface area contributed by atoms with Gasteiger partial charge in [0.05, 0.1) is 10.3 Å². The monoisotopic (exact) mass is 520 g/mol. The van der Waals surface area contributed by atoms with Gasteiger partial charge < -0.3 is 4.90 Å². The van der Waals surface area contributed by atoms with E-state index in [4.69, 9.17) is 9.97 Å². The normalized spacial score (nSPS) is 17.8. The lowest BCUT2D eigenvalue weighted by Crippen LogP contribution is -2.49. The minimum atomic E-state index is -3.49. The van der Waals surface area contributed by atoms with E-state index in [-0.39, 0.29) is 0 Å². The predicted octanol–water partition coefficient (Wildman–Crippen LogP) is 4.41. The van der Waals surface area contributed by atoms with Crippen LogP contribution in [0, 0.1) is 0 Å². The fourth-order valence-corrected chi connectivity index (χ4v) is 7.43. The lowest BCUT2D eigenvalue weighted by Gasteiger charge is -2.35. The third-order valence-corrected chi connectivity index (χ3v) is 9.77. The van der Waals surface area contributed by atoms with Crippen molar-refractivity contribution in [2.75, 3.05) is 31.1 Å². The smallest absolute Gasteiger partial charge is 0.243 e. The average Bonchev–Trinajstić information content (AvgIpc) is 3.17. The number of benzene rings is 1. The van der Waals surface area contributed by atoms with Gasteiger partial charge in [-0.05, 0) is 55.5 Å². The van der Waals surface area contributed by atoms with E-state index < -0.39 is 10.0 Å². The molecule has 0 amide bonds. The summed E-state index contributed by atoms with van der Waals surface area (Å²) in [5.41, 5.74) is 1.42. The van der Waals surface area contributed by atoms with Gasteiger partial charge in [-0.1, -0.05) is 22.9 Å². The van der Waals surface area contributed by atoms with Crippen LogP contribution in [-0.4, -0.2) is 48.9 Å². The van der Waals surface area contributed by atoms with Crippen molar-refractivity contribution < 1.29 is 8.42 Å². The highest BCUT2D eigenvalue weighted by Gasteiger charge is 2.31. The van der Waals surface area contributed by atoms with Crippen molar-refractivity contribution in [3.05, 3.63) is 45.0 Å². The number of piperazine rings is 1. The minimum absolute atomic E-state index is 0.341. The molecule has 2 aromatic heterocycles. The second kappa shape index (κ2) is 8.42. The summed E-state index contributed by atoms with van der Waals surface area (Å²) in [6.07, 6.45) is 5.48. The van der Waals surface area contributed by atoms with E-state index in [0.717, 1.165) is 40.2 Å². The number of fused-ring (bicyclic) bond motifs is 3. The molecule has 5 rings (SSSR count). The van der Waals surface area contributed by atoms with E-state index in [0.29, 0.717) is 31.1 Å². The molecule has 1 fully saturated rings. The van der Waals surface area contributed by atoms with Crippen molar-refractivity contribution in [1.82, 2.24) is 14.3 Å². The molecule has 1 aromatic carbocycles. The van der Waals surface area contributed by atoms with Crippen molar-refractivity contribution in [2.45, 2.75) is 43.9 Å². The first kappa shape index (κ1) is 21.3. The number of anilines is 1. The van der Waals surface area contributed by atoms with Gasteiger partial charge in [0.2, 0.25) is 10.0 Å². The number of thiophene rings is 1. The molecule has 1 saturated heterocycles. The average molecular weight is 522 g/mol.